The van der Waals surface area contributed by atoms with Gasteiger partial charge in [0.2, 0.25) is 0 Å². The van der Waals surface area contributed by atoms with Crippen LogP contribution < -0.4 is 10.2 Å². The van der Waals surface area contributed by atoms with Crippen LogP contribution in [0.5, 0.6) is 11.5 Å². The second-order valence-corrected chi connectivity index (χ2v) is 9.42. The first-order valence-corrected chi connectivity index (χ1v) is 12.9. The zero-order valence-electron chi connectivity index (χ0n) is 23.6. The first-order chi connectivity index (χ1) is 17.9. The minimum Gasteiger partial charge on any atom is -0.550 e. The summed E-state index contributed by atoms with van der Waals surface area (Å²) in [5, 5.41) is 38.5. The Bertz CT molecular complexity index is 1050. The van der Waals surface area contributed by atoms with E-state index in [-0.39, 0.29) is 28.9 Å². The van der Waals surface area contributed by atoms with E-state index in [1.165, 1.54) is 11.1 Å². The number of carboxylic acid groups (broad SMARTS) is 2. The molecule has 2 unspecified atom stereocenters. The van der Waals surface area contributed by atoms with Crippen molar-refractivity contribution in [2.45, 2.75) is 92.2 Å². The molecule has 8 nitrogen and oxygen atoms in total. The molecule has 0 aromatic heterocycles. The average Bonchev–Trinajstić information content (AvgIpc) is 2.85. The molecule has 2 atom stereocenters. The Balaban J connectivity index is 0.00000142. The Morgan fingerprint density at radius 1 is 0.821 bits per heavy atom. The molecule has 0 heterocycles. The summed E-state index contributed by atoms with van der Waals surface area (Å²) in [4.78, 5) is 27.4. The molecule has 0 saturated heterocycles. The summed E-state index contributed by atoms with van der Waals surface area (Å²) < 4.78 is 0. The van der Waals surface area contributed by atoms with Gasteiger partial charge in [0.05, 0.1) is 12.1 Å². The van der Waals surface area contributed by atoms with Crippen LogP contribution >= 0.6 is 0 Å². The number of rotatable bonds is 6. The molecule has 0 bridgehead atoms. The van der Waals surface area contributed by atoms with E-state index in [0.717, 1.165) is 74.6 Å². The Labute approximate surface area is 242 Å². The molecule has 9 heteroatoms. The summed E-state index contributed by atoms with van der Waals surface area (Å²) >= 11 is 0. The number of benzene rings is 2. The minimum absolute atomic E-state index is 0. The number of aromatic hydroxyl groups is 2. The summed E-state index contributed by atoms with van der Waals surface area (Å²) in [5.41, 5.74) is 5.81. The number of carbonyl (C=O) groups excluding carboxylic acids is 2. The zero-order valence-corrected chi connectivity index (χ0v) is 24.7. The van der Waals surface area contributed by atoms with Crippen LogP contribution in [0, 0.1) is 13.8 Å². The molecule has 0 spiro atoms. The summed E-state index contributed by atoms with van der Waals surface area (Å²) in [7, 11) is 0. The van der Waals surface area contributed by atoms with E-state index >= 15 is 0 Å². The third-order valence-corrected chi connectivity index (χ3v) is 6.06. The van der Waals surface area contributed by atoms with Gasteiger partial charge in [-0.05, 0) is 101 Å². The normalized spacial score (nSPS) is 16.5. The van der Waals surface area contributed by atoms with Crippen molar-refractivity contribution in [1.29, 1.82) is 0 Å². The third-order valence-electron chi connectivity index (χ3n) is 6.06. The fourth-order valence-electron chi connectivity index (χ4n) is 4.15. The summed E-state index contributed by atoms with van der Waals surface area (Å²) in [6, 6.07) is 8.53. The number of carboxylic acids is 2. The Morgan fingerprint density at radius 2 is 1.15 bits per heavy atom. The molecule has 2 N–H and O–H groups in total. The molecule has 215 valence electrons. The zero-order chi connectivity index (χ0) is 28.8. The molecule has 1 saturated carbocycles. The van der Waals surface area contributed by atoms with Gasteiger partial charge in [-0.25, -0.2) is 0 Å². The number of aliphatic carboxylic acids is 2. The summed E-state index contributed by atoms with van der Waals surface area (Å²) in [5.74, 6) is -1.52. The molecule has 1 radical (unpaired) electrons. The predicted molar refractivity (Wildman–Crippen MR) is 147 cm³/mol. The molecule has 0 amide bonds. The number of aryl methyl sites for hydroxylation is 4. The van der Waals surface area contributed by atoms with Crippen molar-refractivity contribution >= 4 is 24.4 Å². The van der Waals surface area contributed by atoms with Crippen molar-refractivity contribution in [3.05, 3.63) is 57.6 Å². The number of hydrogen-bond donors (Lipinski definition) is 2. The first-order valence-electron chi connectivity index (χ1n) is 12.9. The van der Waals surface area contributed by atoms with E-state index < -0.39 is 11.9 Å². The van der Waals surface area contributed by atoms with Crippen LogP contribution in [0.1, 0.15) is 86.8 Å². The molecule has 0 aliphatic heterocycles. The van der Waals surface area contributed by atoms with E-state index in [9.17, 15) is 10.2 Å². The Hall–Kier alpha value is -3.17. The maximum atomic E-state index is 10.4. The molecular weight excluding hydrogens is 543 g/mol. The smallest absolute Gasteiger partial charge is 0.550 e. The second kappa shape index (κ2) is 18.2. The second-order valence-electron chi connectivity index (χ2n) is 9.42. The number of carbonyl (C=O) groups is 2. The molecule has 1 aliphatic carbocycles. The number of hydrogen-bond acceptors (Lipinski definition) is 8. The number of aliphatic imine (C=N–C) groups is 2. The van der Waals surface area contributed by atoms with E-state index in [1.54, 1.807) is 0 Å². The van der Waals surface area contributed by atoms with Crippen molar-refractivity contribution in [1.82, 2.24) is 0 Å². The van der Waals surface area contributed by atoms with Crippen LogP contribution in [-0.2, 0) is 39.2 Å². The standard InChI is InChI=1S/C26H34N2O2.2C2H4O2.Co/c1-5-19-10-17(3)25(29)21(12-19)15-27-23-8-7-9-24(14-23)28-16-22-13-20(6-2)11-18(4)26(22)30;2*1-2(3)4;/h10-13,15-16,23-24,29-30H,5-9,14H2,1-4H3;2*1H3,(H,3,4);/q;;;+2/p-2. The fourth-order valence-corrected chi connectivity index (χ4v) is 4.15. The van der Waals surface area contributed by atoms with Crippen LogP contribution in [0.4, 0.5) is 0 Å². The minimum atomic E-state index is -1.08. The van der Waals surface area contributed by atoms with Crippen LogP contribution in [0.15, 0.2) is 34.3 Å². The molecule has 1 fully saturated rings. The topological polar surface area (TPSA) is 145 Å². The van der Waals surface area contributed by atoms with Crippen molar-refractivity contribution < 1.29 is 46.8 Å². The van der Waals surface area contributed by atoms with E-state index in [1.807, 2.05) is 50.5 Å². The van der Waals surface area contributed by atoms with Gasteiger partial charge in [-0.2, -0.15) is 0 Å². The molecule has 3 rings (SSSR count). The van der Waals surface area contributed by atoms with Crippen molar-refractivity contribution in [2.75, 3.05) is 0 Å². The number of nitrogens with zero attached hydrogens (tertiary/aromatic N) is 2. The molecule has 39 heavy (non-hydrogen) atoms. The average molecular weight is 584 g/mol. The monoisotopic (exact) mass is 583 g/mol. The summed E-state index contributed by atoms with van der Waals surface area (Å²) in [6.07, 6.45) is 9.62. The van der Waals surface area contributed by atoms with Crippen molar-refractivity contribution in [3.8, 4) is 11.5 Å². The largest absolute Gasteiger partial charge is 2.00 e. The predicted octanol–water partition coefficient (Wildman–Crippen LogP) is 3.20. The molecule has 2 aromatic rings. The first kappa shape index (κ1) is 35.8. The van der Waals surface area contributed by atoms with Gasteiger partial charge >= 0.3 is 16.8 Å². The maximum Gasteiger partial charge on any atom is 2.00 e. The van der Waals surface area contributed by atoms with Gasteiger partial charge in [-0.3, -0.25) is 9.98 Å². The van der Waals surface area contributed by atoms with Crippen LogP contribution in [0.2, 0.25) is 0 Å². The van der Waals surface area contributed by atoms with Gasteiger partial charge in [0.15, 0.2) is 0 Å². The Kier molecular flexibility index (Phi) is 16.7. The van der Waals surface area contributed by atoms with Gasteiger partial charge < -0.3 is 30.0 Å². The van der Waals surface area contributed by atoms with Crippen LogP contribution in [0.3, 0.4) is 0 Å². The number of phenolic OH excluding ortho intramolecular Hbond substituents is 2. The Morgan fingerprint density at radius 3 is 1.46 bits per heavy atom. The van der Waals surface area contributed by atoms with Crippen molar-refractivity contribution in [3.63, 3.8) is 0 Å². The molecule has 2 aromatic carbocycles. The van der Waals surface area contributed by atoms with Gasteiger partial charge in [-0.1, -0.05) is 26.0 Å². The van der Waals surface area contributed by atoms with E-state index in [2.05, 4.69) is 13.8 Å². The maximum absolute atomic E-state index is 10.4. The van der Waals surface area contributed by atoms with Gasteiger partial charge in [0, 0.05) is 35.5 Å². The van der Waals surface area contributed by atoms with Crippen molar-refractivity contribution in [2.24, 2.45) is 9.98 Å². The third kappa shape index (κ3) is 13.4. The quantitative estimate of drug-likeness (QED) is 0.500. The van der Waals surface area contributed by atoms with Crippen LogP contribution in [0.25, 0.3) is 0 Å². The molecular formula is C30H40CoN2O6. The van der Waals surface area contributed by atoms with Gasteiger partial charge in [-0.15, -0.1) is 0 Å². The van der Waals surface area contributed by atoms with Gasteiger partial charge in [0.1, 0.15) is 11.5 Å². The molecule has 1 aliphatic rings. The fraction of sp³-hybridized carbons (Fsp3) is 0.467. The number of phenols is 2. The van der Waals surface area contributed by atoms with E-state index in [0.29, 0.717) is 11.5 Å². The van der Waals surface area contributed by atoms with Gasteiger partial charge in [0.25, 0.3) is 0 Å². The van der Waals surface area contributed by atoms with E-state index in [4.69, 9.17) is 29.8 Å². The van der Waals surface area contributed by atoms with Crippen LogP contribution in [-0.4, -0.2) is 46.7 Å². The summed E-state index contributed by atoms with van der Waals surface area (Å²) in [6.45, 7) is 10.0. The SMILES string of the molecule is CC(=O)[O-].CC(=O)[O-].CCc1cc(C)c(O)c(C=NC2CCCC(N=Cc3cc(CC)cc(C)c3O)C2)c1.[Co+2].